The van der Waals surface area contributed by atoms with E-state index in [9.17, 15) is 33.1 Å². The summed E-state index contributed by atoms with van der Waals surface area (Å²) in [6.07, 6.45) is 4.94. The largest absolute Gasteiger partial charge is 0.460 e. The number of carbonyl (C=O) groups excluding carboxylic acids is 4. The minimum absolute atomic E-state index is 0.0194. The van der Waals surface area contributed by atoms with Crippen LogP contribution in [0.4, 0.5) is 19.3 Å². The van der Waals surface area contributed by atoms with Gasteiger partial charge in [0.15, 0.2) is 11.6 Å². The van der Waals surface area contributed by atoms with Gasteiger partial charge in [0.1, 0.15) is 30.4 Å². The Labute approximate surface area is 283 Å². The molecule has 264 valence electrons. The van der Waals surface area contributed by atoms with E-state index in [1.807, 2.05) is 0 Å². The minimum Gasteiger partial charge on any atom is -0.460 e. The van der Waals surface area contributed by atoms with Crippen LogP contribution in [0.25, 0.3) is 0 Å². The molecule has 0 radical (unpaired) electrons. The van der Waals surface area contributed by atoms with Crippen molar-refractivity contribution in [2.45, 2.75) is 70.9 Å². The van der Waals surface area contributed by atoms with Gasteiger partial charge in [-0.1, -0.05) is 43.7 Å². The molecule has 1 fully saturated rings. The lowest BCUT2D eigenvalue weighted by molar-refractivity contribution is -0.159. The lowest BCUT2D eigenvalue weighted by Crippen LogP contribution is -2.44. The van der Waals surface area contributed by atoms with Gasteiger partial charge in [0.05, 0.1) is 19.1 Å². The molecule has 2 aliphatic rings. The highest BCUT2D eigenvalue weighted by atomic mass is 19.1. The highest BCUT2D eigenvalue weighted by molar-refractivity contribution is 5.95. The molecule has 0 aliphatic carbocycles. The molecule has 3 amide bonds. The summed E-state index contributed by atoms with van der Waals surface area (Å²) in [5.74, 6) is -3.26. The fourth-order valence-corrected chi connectivity index (χ4v) is 5.62. The Hall–Kier alpha value is -4.85. The van der Waals surface area contributed by atoms with Crippen molar-refractivity contribution in [2.75, 3.05) is 25.0 Å². The molecule has 1 saturated heterocycles. The van der Waals surface area contributed by atoms with Crippen LogP contribution >= 0.6 is 0 Å². The van der Waals surface area contributed by atoms with Crippen LogP contribution in [-0.4, -0.2) is 83.0 Å². The number of esters is 1. The second-order valence-corrected chi connectivity index (χ2v) is 12.3. The molecule has 1 aromatic heterocycles. The van der Waals surface area contributed by atoms with Crippen molar-refractivity contribution in [2.24, 2.45) is 11.8 Å². The van der Waals surface area contributed by atoms with Crippen LogP contribution in [0.15, 0.2) is 70.9 Å². The molecular formula is C35H42F2N4O8. The maximum atomic E-state index is 14.8. The Morgan fingerprint density at radius 2 is 1.98 bits per heavy atom. The number of nitrogens with one attached hydrogen (secondary N) is 2. The minimum atomic E-state index is -1.51. The highest BCUT2D eigenvalue weighted by Crippen LogP contribution is 2.26. The lowest BCUT2D eigenvalue weighted by Gasteiger charge is -2.30. The van der Waals surface area contributed by atoms with Gasteiger partial charge in [-0.2, -0.15) is 0 Å². The van der Waals surface area contributed by atoms with Crippen molar-refractivity contribution >= 4 is 29.6 Å². The van der Waals surface area contributed by atoms with E-state index in [0.717, 1.165) is 6.26 Å². The number of aliphatic hydroxyl groups is 1. The molecular weight excluding hydrogens is 642 g/mol. The van der Waals surface area contributed by atoms with Crippen molar-refractivity contribution in [3.05, 3.63) is 83.9 Å². The Morgan fingerprint density at radius 3 is 2.73 bits per heavy atom. The maximum Gasteiger partial charge on any atom is 0.411 e. The number of hydrogen-bond donors (Lipinski definition) is 3. The van der Waals surface area contributed by atoms with Crippen LogP contribution in [0.3, 0.4) is 0 Å². The third-order valence-electron chi connectivity index (χ3n) is 8.13. The number of nitrogens with zero attached hydrogens (tertiary/aromatic N) is 2. The number of hydrogen-bond acceptors (Lipinski definition) is 9. The Bertz CT molecular complexity index is 1560. The first-order valence-corrected chi connectivity index (χ1v) is 16.2. The number of amides is 3. The number of fused-ring (bicyclic) bond motifs is 3. The summed E-state index contributed by atoms with van der Waals surface area (Å²) in [7, 11) is 0. The van der Waals surface area contributed by atoms with Crippen LogP contribution in [0.5, 0.6) is 0 Å². The molecule has 49 heavy (non-hydrogen) atoms. The fraction of sp³-hybridized carbons (Fsp3) is 0.457. The van der Waals surface area contributed by atoms with Crippen molar-refractivity contribution in [3.8, 4) is 0 Å². The number of ether oxygens (including phenoxy) is 2. The number of aromatic nitrogens is 1. The van der Waals surface area contributed by atoms with Gasteiger partial charge in [-0.3, -0.25) is 14.9 Å². The number of allylic oxidation sites excluding steroid dienone is 2. The van der Waals surface area contributed by atoms with Crippen LogP contribution < -0.4 is 10.6 Å². The molecule has 0 saturated carbocycles. The zero-order valence-electron chi connectivity index (χ0n) is 27.6. The predicted molar refractivity (Wildman–Crippen MR) is 174 cm³/mol. The average molecular weight is 685 g/mol. The fourth-order valence-electron chi connectivity index (χ4n) is 5.62. The average Bonchev–Trinajstić information content (AvgIpc) is 3.74. The van der Waals surface area contributed by atoms with E-state index in [1.165, 1.54) is 41.3 Å². The molecule has 12 nitrogen and oxygen atoms in total. The maximum absolute atomic E-state index is 14.8. The predicted octanol–water partition coefficient (Wildman–Crippen LogP) is 4.67. The zero-order valence-corrected chi connectivity index (χ0v) is 27.6. The van der Waals surface area contributed by atoms with Crippen LogP contribution in [-0.2, 0) is 25.5 Å². The molecule has 3 heterocycles. The van der Waals surface area contributed by atoms with E-state index in [4.69, 9.17) is 13.9 Å². The number of anilines is 1. The molecule has 14 heteroatoms. The summed E-state index contributed by atoms with van der Waals surface area (Å²) in [6.45, 7) is 5.43. The first kappa shape index (κ1) is 37.0. The molecule has 0 spiro atoms. The summed E-state index contributed by atoms with van der Waals surface area (Å²) in [6, 6.07) is 4.19. The number of aliphatic hydroxyl groups excluding tert-OH is 1. The van der Waals surface area contributed by atoms with Gasteiger partial charge in [-0.15, -0.1) is 0 Å². The highest BCUT2D eigenvalue weighted by Gasteiger charge is 2.39. The van der Waals surface area contributed by atoms with E-state index >= 15 is 0 Å². The normalized spacial score (nSPS) is 25.8. The Kier molecular flexibility index (Phi) is 13.2. The van der Waals surface area contributed by atoms with Crippen LogP contribution in [0.2, 0.25) is 0 Å². The SMILES string of the molecule is CC1=C[C@@H](O)C[C@@H](F)Cc2nc(co2)C(=O)N2CCC[C@@H]2C(=O)O[C@H]([C@@H](C)COC(=O)Nc2ccc(F)cc2)[C@H](C)/C=C/C(=O)NCC=C1. The first-order valence-electron chi connectivity index (χ1n) is 16.2. The van der Waals surface area contributed by atoms with Gasteiger partial charge in [0.2, 0.25) is 5.91 Å². The van der Waals surface area contributed by atoms with Crippen LogP contribution in [0, 0.1) is 17.7 Å². The molecule has 0 unspecified atom stereocenters. The van der Waals surface area contributed by atoms with E-state index in [-0.39, 0.29) is 44.1 Å². The quantitative estimate of drug-likeness (QED) is 0.389. The van der Waals surface area contributed by atoms with Crippen molar-refractivity contribution in [1.82, 2.24) is 15.2 Å². The van der Waals surface area contributed by atoms with Gasteiger partial charge in [-0.05, 0) is 50.1 Å². The number of alkyl halides is 1. The summed E-state index contributed by atoms with van der Waals surface area (Å²) < 4.78 is 44.7. The second kappa shape index (κ2) is 17.5. The van der Waals surface area contributed by atoms with Gasteiger partial charge in [0.25, 0.3) is 5.91 Å². The molecule has 2 aliphatic heterocycles. The van der Waals surface area contributed by atoms with E-state index in [2.05, 4.69) is 15.6 Å². The third-order valence-corrected chi connectivity index (χ3v) is 8.13. The molecule has 1 aromatic carbocycles. The van der Waals surface area contributed by atoms with Crippen molar-refractivity contribution in [3.63, 3.8) is 0 Å². The summed E-state index contributed by atoms with van der Waals surface area (Å²) >= 11 is 0. The number of rotatable bonds is 4. The second-order valence-electron chi connectivity index (χ2n) is 12.3. The molecule has 2 bridgehead atoms. The van der Waals surface area contributed by atoms with Crippen molar-refractivity contribution < 1.29 is 47.0 Å². The number of oxazole rings is 1. The molecule has 3 N–H and O–H groups in total. The molecule has 4 rings (SSSR count). The van der Waals surface area contributed by atoms with E-state index in [1.54, 1.807) is 39.0 Å². The number of cyclic esters (lactones) is 1. The lowest BCUT2D eigenvalue weighted by atomic mass is 9.93. The number of halogens is 2. The monoisotopic (exact) mass is 684 g/mol. The van der Waals surface area contributed by atoms with E-state index < -0.39 is 66.0 Å². The molecule has 6 atom stereocenters. The smallest absolute Gasteiger partial charge is 0.411 e. The Morgan fingerprint density at radius 1 is 1.22 bits per heavy atom. The van der Waals surface area contributed by atoms with Gasteiger partial charge in [-0.25, -0.2) is 23.4 Å². The third kappa shape index (κ3) is 11.1. The summed E-state index contributed by atoms with van der Waals surface area (Å²) in [5.41, 5.74) is 0.896. The Balaban J connectivity index is 1.53. The van der Waals surface area contributed by atoms with Crippen LogP contribution in [0.1, 0.15) is 56.4 Å². The summed E-state index contributed by atoms with van der Waals surface area (Å²) in [5, 5.41) is 15.5. The number of benzene rings is 1. The number of carbonyl (C=O) groups is 4. The van der Waals surface area contributed by atoms with E-state index in [0.29, 0.717) is 24.1 Å². The standard InChI is InChI=1S/C35H42F2N4O8/c1-21-6-4-14-38-30(43)13-8-22(2)32(23(3)19-48-35(46)39-26-11-9-24(36)10-12-26)49-34(45)29-7-5-15-41(29)33(44)28-20-47-31(40-28)18-25(37)17-27(42)16-21/h4,6,8-13,16,20,22-23,25,27,29,32,42H,5,7,14-15,17-19H2,1-3H3,(H,38,43)(H,39,46)/b6-4?,13-8+,21-16?/t22-,23+,25-,27-,29-,32+/m1/s1. The first-order chi connectivity index (χ1) is 23.4. The van der Waals surface area contributed by atoms with Gasteiger partial charge >= 0.3 is 12.1 Å². The van der Waals surface area contributed by atoms with Gasteiger partial charge < -0.3 is 29.2 Å². The molecule has 2 aromatic rings. The summed E-state index contributed by atoms with van der Waals surface area (Å²) in [4.78, 5) is 57.5. The van der Waals surface area contributed by atoms with Gasteiger partial charge in [0, 0.05) is 37.0 Å². The topological polar surface area (TPSA) is 160 Å². The zero-order chi connectivity index (χ0) is 35.5. The van der Waals surface area contributed by atoms with Crippen molar-refractivity contribution in [1.29, 1.82) is 0 Å².